The SMILES string of the molecule is N#C/C(c1cc(C(F)(F)F)c(C#N)cc1C#N)=c1/cc/c(=C(\C#N)c2cc(C(F)(F)F)c(C#N)cc2C#N)c(C#N)c1C#N. The van der Waals surface area contributed by atoms with Gasteiger partial charge in [0.05, 0.1) is 79.9 Å². The van der Waals surface area contributed by atoms with Crippen molar-refractivity contribution < 1.29 is 26.3 Å². The predicted molar refractivity (Wildman–Crippen MR) is 133 cm³/mol. The highest BCUT2D eigenvalue weighted by molar-refractivity contribution is 5.85. The summed E-state index contributed by atoms with van der Waals surface area (Å²) >= 11 is 0. The molecule has 3 aromatic rings. The number of alkyl halides is 6. The lowest BCUT2D eigenvalue weighted by Crippen LogP contribution is -2.23. The lowest BCUT2D eigenvalue weighted by atomic mass is 9.89. The molecule has 0 aliphatic heterocycles. The molecule has 0 radical (unpaired) electrons. The van der Waals surface area contributed by atoms with Gasteiger partial charge in [-0.05, 0) is 24.3 Å². The number of rotatable bonds is 2. The molecule has 0 aliphatic rings. The number of nitrogens with zero attached hydrogens (tertiary/aromatic N) is 8. The van der Waals surface area contributed by atoms with Crippen molar-refractivity contribution in [2.75, 3.05) is 0 Å². The van der Waals surface area contributed by atoms with Crippen LogP contribution in [0.1, 0.15) is 55.6 Å². The van der Waals surface area contributed by atoms with Crippen molar-refractivity contribution in [3.05, 3.63) is 102 Å². The fraction of sp³-hybridized carbons (Fsp3) is 0.0667. The van der Waals surface area contributed by atoms with Gasteiger partial charge in [-0.25, -0.2) is 0 Å². The van der Waals surface area contributed by atoms with Crippen molar-refractivity contribution in [2.45, 2.75) is 12.4 Å². The third kappa shape index (κ3) is 5.44. The van der Waals surface area contributed by atoms with Gasteiger partial charge in [-0.3, -0.25) is 0 Å². The van der Waals surface area contributed by atoms with Crippen molar-refractivity contribution in [2.24, 2.45) is 0 Å². The Labute approximate surface area is 243 Å². The second kappa shape index (κ2) is 11.8. The Kier molecular flexibility index (Phi) is 8.42. The van der Waals surface area contributed by atoms with E-state index in [-0.39, 0.29) is 0 Å². The summed E-state index contributed by atoms with van der Waals surface area (Å²) in [7, 11) is 0. The zero-order valence-electron chi connectivity index (χ0n) is 21.3. The minimum atomic E-state index is -5.10. The molecule has 0 unspecified atom stereocenters. The summed E-state index contributed by atoms with van der Waals surface area (Å²) in [4.78, 5) is 0. The molecule has 0 heterocycles. The predicted octanol–water partition coefficient (Wildman–Crippen LogP) is 4.40. The van der Waals surface area contributed by atoms with Crippen molar-refractivity contribution >= 4 is 11.1 Å². The van der Waals surface area contributed by atoms with Gasteiger partial charge < -0.3 is 0 Å². The summed E-state index contributed by atoms with van der Waals surface area (Å²) in [6, 6.07) is 15.9. The van der Waals surface area contributed by atoms with Crippen LogP contribution in [-0.2, 0) is 12.4 Å². The first kappa shape index (κ1) is 31.4. The van der Waals surface area contributed by atoms with Crippen LogP contribution in [0.15, 0.2) is 36.4 Å². The average molecular weight is 592 g/mol. The van der Waals surface area contributed by atoms with E-state index in [0.717, 1.165) is 12.1 Å². The summed E-state index contributed by atoms with van der Waals surface area (Å²) in [5.74, 6) is 0. The highest BCUT2D eigenvalue weighted by Crippen LogP contribution is 2.36. The number of hydrogen-bond acceptors (Lipinski definition) is 8. The molecule has 0 bridgehead atoms. The summed E-state index contributed by atoms with van der Waals surface area (Å²) in [5.41, 5.74) is -10.0. The van der Waals surface area contributed by atoms with E-state index < -0.39 is 89.6 Å². The molecule has 0 aromatic heterocycles. The molecule has 0 N–H and O–H groups in total. The Morgan fingerprint density at radius 1 is 0.455 bits per heavy atom. The smallest absolute Gasteiger partial charge is 0.192 e. The van der Waals surface area contributed by atoms with Crippen molar-refractivity contribution in [1.29, 1.82) is 42.1 Å². The summed E-state index contributed by atoms with van der Waals surface area (Å²) in [6.45, 7) is 0. The van der Waals surface area contributed by atoms with Gasteiger partial charge >= 0.3 is 12.4 Å². The summed E-state index contributed by atoms with van der Waals surface area (Å²) in [5, 5.41) is 76.2. The van der Waals surface area contributed by atoms with E-state index in [0.29, 0.717) is 24.3 Å². The largest absolute Gasteiger partial charge is 0.417 e. The first-order valence-corrected chi connectivity index (χ1v) is 11.4. The van der Waals surface area contributed by atoms with Gasteiger partial charge in [-0.2, -0.15) is 68.4 Å². The zero-order valence-corrected chi connectivity index (χ0v) is 21.3. The van der Waals surface area contributed by atoms with E-state index in [1.54, 1.807) is 36.4 Å². The molecule has 0 spiro atoms. The monoisotopic (exact) mass is 592 g/mol. The molecule has 208 valence electrons. The van der Waals surface area contributed by atoms with Crippen molar-refractivity contribution in [1.82, 2.24) is 0 Å². The third-order valence-corrected chi connectivity index (χ3v) is 6.14. The molecule has 0 aliphatic carbocycles. The molecular formula is C30H6F6N8. The number of nitriles is 8. The second-order valence-corrected chi connectivity index (χ2v) is 8.44. The van der Waals surface area contributed by atoms with E-state index in [1.807, 2.05) is 0 Å². The highest BCUT2D eigenvalue weighted by atomic mass is 19.4. The van der Waals surface area contributed by atoms with Gasteiger partial charge in [-0.15, -0.1) is 0 Å². The minimum absolute atomic E-state index is 0.359. The topological polar surface area (TPSA) is 190 Å². The molecule has 0 saturated heterocycles. The highest BCUT2D eigenvalue weighted by Gasteiger charge is 2.36. The van der Waals surface area contributed by atoms with Gasteiger partial charge in [0.2, 0.25) is 0 Å². The van der Waals surface area contributed by atoms with Crippen LogP contribution in [0.25, 0.3) is 11.1 Å². The summed E-state index contributed by atoms with van der Waals surface area (Å²) < 4.78 is 82.0. The molecule has 0 amide bonds. The van der Waals surface area contributed by atoms with Gasteiger partial charge in [0, 0.05) is 21.6 Å². The fourth-order valence-corrected chi connectivity index (χ4v) is 4.23. The average Bonchev–Trinajstić information content (AvgIpc) is 3.00. The van der Waals surface area contributed by atoms with Gasteiger partial charge in [0.15, 0.2) is 0 Å². The Balaban J connectivity index is 2.64. The Morgan fingerprint density at radius 2 is 0.773 bits per heavy atom. The van der Waals surface area contributed by atoms with E-state index >= 15 is 0 Å². The molecule has 3 aromatic carbocycles. The minimum Gasteiger partial charge on any atom is -0.192 e. The Hall–Kier alpha value is -7.10. The first-order chi connectivity index (χ1) is 20.7. The standard InChI is InChI=1S/C30H6F6N8/c31-29(32,33)27-5-21(15(7-37)3-17(27)9-39)23(11-41)19-1-2-20(26(14-44)25(19)13-43)24(12-42)22-6-28(30(34,35)36)18(10-40)4-16(22)8-38/h1-6H/b23-19-,24-20+. The van der Waals surface area contributed by atoms with Crippen LogP contribution in [0.3, 0.4) is 0 Å². The maximum atomic E-state index is 13.7. The van der Waals surface area contributed by atoms with Crippen LogP contribution in [0.4, 0.5) is 26.3 Å². The molecule has 44 heavy (non-hydrogen) atoms. The lowest BCUT2D eigenvalue weighted by Gasteiger charge is -2.13. The van der Waals surface area contributed by atoms with E-state index in [2.05, 4.69) is 0 Å². The van der Waals surface area contributed by atoms with Crippen LogP contribution in [-0.4, -0.2) is 0 Å². The summed E-state index contributed by atoms with van der Waals surface area (Å²) in [6.07, 6.45) is -10.2. The maximum Gasteiger partial charge on any atom is 0.417 e. The quantitative estimate of drug-likeness (QED) is 0.391. The zero-order chi connectivity index (χ0) is 33.0. The number of halogens is 6. The van der Waals surface area contributed by atoms with Crippen LogP contribution in [0.2, 0.25) is 0 Å². The Bertz CT molecular complexity index is 2080. The molecule has 8 nitrogen and oxygen atoms in total. The Morgan fingerprint density at radius 3 is 1.00 bits per heavy atom. The van der Waals surface area contributed by atoms with Crippen LogP contribution in [0, 0.1) is 90.6 Å². The fourth-order valence-electron chi connectivity index (χ4n) is 4.23. The van der Waals surface area contributed by atoms with Gasteiger partial charge in [0.25, 0.3) is 0 Å². The lowest BCUT2D eigenvalue weighted by molar-refractivity contribution is -0.138. The normalized spacial score (nSPS) is 12.0. The van der Waals surface area contributed by atoms with Crippen molar-refractivity contribution in [3.8, 4) is 48.6 Å². The molecule has 3 rings (SSSR count). The van der Waals surface area contributed by atoms with Crippen molar-refractivity contribution in [3.63, 3.8) is 0 Å². The molecular weight excluding hydrogens is 586 g/mol. The van der Waals surface area contributed by atoms with Gasteiger partial charge in [0.1, 0.15) is 24.3 Å². The number of benzene rings is 3. The first-order valence-electron chi connectivity index (χ1n) is 11.4. The maximum absolute atomic E-state index is 13.7. The third-order valence-electron chi connectivity index (χ3n) is 6.14. The van der Waals surface area contributed by atoms with E-state index in [1.165, 1.54) is 12.1 Å². The molecule has 0 fully saturated rings. The number of hydrogen-bond donors (Lipinski definition) is 0. The van der Waals surface area contributed by atoms with Crippen LogP contribution in [0.5, 0.6) is 0 Å². The second-order valence-electron chi connectivity index (χ2n) is 8.44. The molecule has 0 saturated carbocycles. The van der Waals surface area contributed by atoms with Gasteiger partial charge in [-0.1, -0.05) is 12.1 Å². The van der Waals surface area contributed by atoms with E-state index in [4.69, 9.17) is 10.5 Å². The van der Waals surface area contributed by atoms with Crippen LogP contribution >= 0.6 is 0 Å². The molecule has 14 heteroatoms. The van der Waals surface area contributed by atoms with E-state index in [9.17, 15) is 57.9 Å². The van der Waals surface area contributed by atoms with Crippen LogP contribution < -0.4 is 10.4 Å². The molecule has 0 atom stereocenters.